The first-order valence-corrected chi connectivity index (χ1v) is 5.77. The van der Waals surface area contributed by atoms with E-state index in [1.54, 1.807) is 6.92 Å². The summed E-state index contributed by atoms with van der Waals surface area (Å²) >= 11 is 0. The maximum absolute atomic E-state index is 11.4. The SMILES string of the molecule is CC[C@@H](NC(=O)CCC1CCCO1)C(=O)O. The van der Waals surface area contributed by atoms with E-state index in [4.69, 9.17) is 9.84 Å². The average Bonchev–Trinajstić information content (AvgIpc) is 2.75. The van der Waals surface area contributed by atoms with Crippen LogP contribution in [0.15, 0.2) is 0 Å². The summed E-state index contributed by atoms with van der Waals surface area (Å²) < 4.78 is 5.39. The fourth-order valence-corrected chi connectivity index (χ4v) is 1.77. The molecule has 1 heterocycles. The van der Waals surface area contributed by atoms with Crippen LogP contribution < -0.4 is 5.32 Å². The van der Waals surface area contributed by atoms with Gasteiger partial charge in [0.2, 0.25) is 5.91 Å². The van der Waals surface area contributed by atoms with Crippen molar-refractivity contribution in [2.24, 2.45) is 0 Å². The molecule has 0 aromatic heterocycles. The number of amides is 1. The molecule has 1 aliphatic rings. The quantitative estimate of drug-likeness (QED) is 0.710. The van der Waals surface area contributed by atoms with Gasteiger partial charge in [-0.3, -0.25) is 4.79 Å². The molecule has 0 aromatic rings. The van der Waals surface area contributed by atoms with Crippen molar-refractivity contribution in [3.63, 3.8) is 0 Å². The number of hydrogen-bond donors (Lipinski definition) is 2. The van der Waals surface area contributed by atoms with Crippen LogP contribution >= 0.6 is 0 Å². The number of rotatable bonds is 6. The topological polar surface area (TPSA) is 75.6 Å². The highest BCUT2D eigenvalue weighted by Crippen LogP contribution is 2.16. The monoisotopic (exact) mass is 229 g/mol. The minimum absolute atomic E-state index is 0.177. The van der Waals surface area contributed by atoms with Gasteiger partial charge in [-0.05, 0) is 25.7 Å². The minimum atomic E-state index is -0.979. The van der Waals surface area contributed by atoms with Crippen LogP contribution in [0.2, 0.25) is 0 Å². The van der Waals surface area contributed by atoms with E-state index >= 15 is 0 Å². The van der Waals surface area contributed by atoms with Gasteiger partial charge in [0.15, 0.2) is 0 Å². The minimum Gasteiger partial charge on any atom is -0.480 e. The molecule has 1 rings (SSSR count). The van der Waals surface area contributed by atoms with E-state index in [-0.39, 0.29) is 12.0 Å². The van der Waals surface area contributed by atoms with Crippen LogP contribution in [0.5, 0.6) is 0 Å². The molecule has 92 valence electrons. The van der Waals surface area contributed by atoms with E-state index in [0.717, 1.165) is 19.4 Å². The number of hydrogen-bond acceptors (Lipinski definition) is 3. The van der Waals surface area contributed by atoms with Crippen LogP contribution in [0.1, 0.15) is 39.0 Å². The van der Waals surface area contributed by atoms with Crippen molar-refractivity contribution in [2.75, 3.05) is 6.61 Å². The summed E-state index contributed by atoms with van der Waals surface area (Å²) in [5, 5.41) is 11.3. The van der Waals surface area contributed by atoms with Gasteiger partial charge < -0.3 is 15.2 Å². The Labute approximate surface area is 95.2 Å². The van der Waals surface area contributed by atoms with Crippen LogP contribution in [0, 0.1) is 0 Å². The lowest BCUT2D eigenvalue weighted by Crippen LogP contribution is -2.40. The summed E-state index contributed by atoms with van der Waals surface area (Å²) in [4.78, 5) is 22.1. The molecule has 1 unspecified atom stereocenters. The Bertz CT molecular complexity index is 248. The van der Waals surface area contributed by atoms with E-state index in [1.165, 1.54) is 0 Å². The summed E-state index contributed by atoms with van der Waals surface area (Å²) in [6, 6.07) is -0.767. The first-order valence-electron chi connectivity index (χ1n) is 5.77. The second-order valence-electron chi connectivity index (χ2n) is 4.04. The van der Waals surface area contributed by atoms with Crippen molar-refractivity contribution in [3.05, 3.63) is 0 Å². The van der Waals surface area contributed by atoms with Crippen molar-refractivity contribution < 1.29 is 19.4 Å². The molecule has 0 aromatic carbocycles. The predicted octanol–water partition coefficient (Wildman–Crippen LogP) is 0.925. The van der Waals surface area contributed by atoms with E-state index < -0.39 is 12.0 Å². The van der Waals surface area contributed by atoms with E-state index in [2.05, 4.69) is 5.32 Å². The fourth-order valence-electron chi connectivity index (χ4n) is 1.77. The van der Waals surface area contributed by atoms with Crippen molar-refractivity contribution in [2.45, 2.75) is 51.2 Å². The Balaban J connectivity index is 2.21. The number of carbonyl (C=O) groups excluding carboxylic acids is 1. The molecule has 5 heteroatoms. The van der Waals surface area contributed by atoms with Gasteiger partial charge in [-0.15, -0.1) is 0 Å². The van der Waals surface area contributed by atoms with Crippen molar-refractivity contribution in [3.8, 4) is 0 Å². The molecule has 1 saturated heterocycles. The van der Waals surface area contributed by atoms with Crippen LogP contribution in [-0.4, -0.2) is 35.7 Å². The molecule has 0 saturated carbocycles. The van der Waals surface area contributed by atoms with Crippen molar-refractivity contribution in [1.82, 2.24) is 5.32 Å². The molecule has 2 N–H and O–H groups in total. The standard InChI is InChI=1S/C11H19NO4/c1-2-9(11(14)15)12-10(13)6-5-8-4-3-7-16-8/h8-9H,2-7H2,1H3,(H,12,13)(H,14,15)/t8?,9-/m1/s1. The molecule has 5 nitrogen and oxygen atoms in total. The predicted molar refractivity (Wildman–Crippen MR) is 58.1 cm³/mol. The van der Waals surface area contributed by atoms with Gasteiger partial charge in [0.1, 0.15) is 6.04 Å². The van der Waals surface area contributed by atoms with E-state index in [1.807, 2.05) is 0 Å². The second-order valence-corrected chi connectivity index (χ2v) is 4.04. The lowest BCUT2D eigenvalue weighted by atomic mass is 10.1. The second kappa shape index (κ2) is 6.48. The Morgan fingerprint density at radius 2 is 2.31 bits per heavy atom. The molecule has 0 radical (unpaired) electrons. The summed E-state index contributed by atoms with van der Waals surface area (Å²) in [6.45, 7) is 2.51. The molecular weight excluding hydrogens is 210 g/mol. The molecule has 1 amide bonds. The number of carboxylic acid groups (broad SMARTS) is 1. The van der Waals surface area contributed by atoms with Crippen molar-refractivity contribution in [1.29, 1.82) is 0 Å². The Hall–Kier alpha value is -1.10. The van der Waals surface area contributed by atoms with Crippen LogP contribution in [0.3, 0.4) is 0 Å². The number of aliphatic carboxylic acids is 1. The number of nitrogens with one attached hydrogen (secondary N) is 1. The molecule has 1 aliphatic heterocycles. The zero-order chi connectivity index (χ0) is 12.0. The van der Waals surface area contributed by atoms with Gasteiger partial charge in [-0.25, -0.2) is 4.79 Å². The number of ether oxygens (including phenoxy) is 1. The van der Waals surface area contributed by atoms with Gasteiger partial charge in [0.05, 0.1) is 6.10 Å². The van der Waals surface area contributed by atoms with Crippen LogP contribution in [0.4, 0.5) is 0 Å². The summed E-state index contributed by atoms with van der Waals surface area (Å²) in [5.41, 5.74) is 0. The molecule has 0 spiro atoms. The lowest BCUT2D eigenvalue weighted by Gasteiger charge is -2.13. The zero-order valence-electron chi connectivity index (χ0n) is 9.57. The maximum Gasteiger partial charge on any atom is 0.326 e. The Morgan fingerprint density at radius 1 is 1.56 bits per heavy atom. The molecular formula is C11H19NO4. The normalized spacial score (nSPS) is 21.7. The fraction of sp³-hybridized carbons (Fsp3) is 0.818. The number of carbonyl (C=O) groups is 2. The molecule has 0 bridgehead atoms. The van der Waals surface area contributed by atoms with Crippen LogP contribution in [0.25, 0.3) is 0 Å². The van der Waals surface area contributed by atoms with Crippen molar-refractivity contribution >= 4 is 11.9 Å². The molecule has 16 heavy (non-hydrogen) atoms. The Morgan fingerprint density at radius 3 is 2.81 bits per heavy atom. The molecule has 2 atom stereocenters. The zero-order valence-corrected chi connectivity index (χ0v) is 9.57. The highest BCUT2D eigenvalue weighted by atomic mass is 16.5. The third kappa shape index (κ3) is 4.18. The molecule has 1 fully saturated rings. The summed E-state index contributed by atoms with van der Waals surface area (Å²) in [5.74, 6) is -1.18. The van der Waals surface area contributed by atoms with E-state index in [9.17, 15) is 9.59 Å². The average molecular weight is 229 g/mol. The number of carboxylic acids is 1. The third-order valence-electron chi connectivity index (χ3n) is 2.76. The lowest BCUT2D eigenvalue weighted by molar-refractivity contribution is -0.142. The summed E-state index contributed by atoms with van der Waals surface area (Å²) in [6.07, 6.45) is 3.66. The summed E-state index contributed by atoms with van der Waals surface area (Å²) in [7, 11) is 0. The molecule has 0 aliphatic carbocycles. The van der Waals surface area contributed by atoms with Gasteiger partial charge >= 0.3 is 5.97 Å². The van der Waals surface area contributed by atoms with Gasteiger partial charge in [0.25, 0.3) is 0 Å². The maximum atomic E-state index is 11.4. The first-order chi connectivity index (χ1) is 7.63. The van der Waals surface area contributed by atoms with Gasteiger partial charge in [-0.1, -0.05) is 6.92 Å². The largest absolute Gasteiger partial charge is 0.480 e. The highest BCUT2D eigenvalue weighted by molar-refractivity contribution is 5.83. The highest BCUT2D eigenvalue weighted by Gasteiger charge is 2.20. The van der Waals surface area contributed by atoms with Crippen LogP contribution in [-0.2, 0) is 14.3 Å². The van der Waals surface area contributed by atoms with Gasteiger partial charge in [0, 0.05) is 13.0 Å². The van der Waals surface area contributed by atoms with E-state index in [0.29, 0.717) is 19.3 Å². The smallest absolute Gasteiger partial charge is 0.326 e. The van der Waals surface area contributed by atoms with Gasteiger partial charge in [-0.2, -0.15) is 0 Å². The Kier molecular flexibility index (Phi) is 5.25. The first kappa shape index (κ1) is 13.0. The third-order valence-corrected chi connectivity index (χ3v) is 2.76.